The minimum Gasteiger partial charge on any atom is -0.338 e. The van der Waals surface area contributed by atoms with E-state index in [-0.39, 0.29) is 10.8 Å². The van der Waals surface area contributed by atoms with Crippen LogP contribution in [0.15, 0.2) is 35.2 Å². The monoisotopic (exact) mass is 311 g/mol. The highest BCUT2D eigenvalue weighted by atomic mass is 32.2. The van der Waals surface area contributed by atoms with Crippen LogP contribution in [0.2, 0.25) is 0 Å². The van der Waals surface area contributed by atoms with Gasteiger partial charge in [0.15, 0.2) is 0 Å². The molecule has 1 aromatic carbocycles. The van der Waals surface area contributed by atoms with Crippen LogP contribution in [-0.4, -0.2) is 55.2 Å². The Balaban J connectivity index is 2.07. The SMILES string of the molecule is CC(C)(N)C(=O)N1CCN(S(=O)(=O)c2ccccc2)CC1. The smallest absolute Gasteiger partial charge is 0.243 e. The third kappa shape index (κ3) is 3.42. The molecular formula is C14H21N3O3S. The summed E-state index contributed by atoms with van der Waals surface area (Å²) in [7, 11) is -3.48. The average molecular weight is 311 g/mol. The maximum atomic E-state index is 12.5. The number of hydrogen-bond donors (Lipinski definition) is 1. The van der Waals surface area contributed by atoms with Crippen LogP contribution in [0.5, 0.6) is 0 Å². The molecule has 21 heavy (non-hydrogen) atoms. The van der Waals surface area contributed by atoms with E-state index in [9.17, 15) is 13.2 Å². The van der Waals surface area contributed by atoms with Crippen molar-refractivity contribution in [2.45, 2.75) is 24.3 Å². The molecule has 6 nitrogen and oxygen atoms in total. The molecule has 1 aliphatic rings. The Morgan fingerprint density at radius 1 is 1.10 bits per heavy atom. The van der Waals surface area contributed by atoms with E-state index in [2.05, 4.69) is 0 Å². The molecule has 1 aliphatic heterocycles. The predicted molar refractivity (Wildman–Crippen MR) is 80.0 cm³/mol. The van der Waals surface area contributed by atoms with E-state index in [1.165, 1.54) is 4.31 Å². The summed E-state index contributed by atoms with van der Waals surface area (Å²) in [5.41, 5.74) is 4.87. The summed E-state index contributed by atoms with van der Waals surface area (Å²) in [5.74, 6) is -0.153. The van der Waals surface area contributed by atoms with Crippen molar-refractivity contribution in [1.29, 1.82) is 0 Å². The van der Waals surface area contributed by atoms with Gasteiger partial charge in [-0.2, -0.15) is 4.31 Å². The van der Waals surface area contributed by atoms with Gasteiger partial charge in [0.1, 0.15) is 0 Å². The normalized spacial score (nSPS) is 17.8. The zero-order valence-electron chi connectivity index (χ0n) is 12.3. The summed E-state index contributed by atoms with van der Waals surface area (Å²) in [5, 5.41) is 0. The Kier molecular flexibility index (Phi) is 4.36. The quantitative estimate of drug-likeness (QED) is 0.868. The number of nitrogens with zero attached hydrogens (tertiary/aromatic N) is 2. The number of amides is 1. The number of piperazine rings is 1. The van der Waals surface area contributed by atoms with Crippen molar-refractivity contribution in [2.24, 2.45) is 5.73 Å². The lowest BCUT2D eigenvalue weighted by molar-refractivity contribution is -0.137. The van der Waals surface area contributed by atoms with E-state index in [0.717, 1.165) is 0 Å². The summed E-state index contributed by atoms with van der Waals surface area (Å²) in [6.07, 6.45) is 0. The lowest BCUT2D eigenvalue weighted by Crippen LogP contribution is -2.57. The molecule has 2 N–H and O–H groups in total. The number of benzene rings is 1. The second-order valence-electron chi connectivity index (χ2n) is 5.73. The lowest BCUT2D eigenvalue weighted by atomic mass is 10.1. The van der Waals surface area contributed by atoms with Crippen molar-refractivity contribution in [3.8, 4) is 0 Å². The third-order valence-electron chi connectivity index (χ3n) is 3.46. The van der Waals surface area contributed by atoms with Crippen molar-refractivity contribution < 1.29 is 13.2 Å². The second kappa shape index (κ2) is 5.75. The molecule has 7 heteroatoms. The predicted octanol–water partition coefficient (Wildman–Crippen LogP) is 0.257. The van der Waals surface area contributed by atoms with Gasteiger partial charge in [-0.05, 0) is 26.0 Å². The van der Waals surface area contributed by atoms with Crippen LogP contribution in [0, 0.1) is 0 Å². The molecule has 1 aromatic rings. The third-order valence-corrected chi connectivity index (χ3v) is 5.37. The maximum absolute atomic E-state index is 12.5. The van der Waals surface area contributed by atoms with Gasteiger partial charge in [-0.1, -0.05) is 18.2 Å². The summed E-state index contributed by atoms with van der Waals surface area (Å²) in [4.78, 5) is 14.0. The Labute approximate surface area is 125 Å². The van der Waals surface area contributed by atoms with Gasteiger partial charge in [0.25, 0.3) is 0 Å². The summed E-state index contributed by atoms with van der Waals surface area (Å²) >= 11 is 0. The Morgan fingerprint density at radius 2 is 1.62 bits per heavy atom. The number of sulfonamides is 1. The molecular weight excluding hydrogens is 290 g/mol. The first-order chi connectivity index (χ1) is 9.73. The first-order valence-electron chi connectivity index (χ1n) is 6.86. The van der Waals surface area contributed by atoms with Crippen LogP contribution in [0.4, 0.5) is 0 Å². The highest BCUT2D eigenvalue weighted by Crippen LogP contribution is 2.18. The van der Waals surface area contributed by atoms with Gasteiger partial charge in [0, 0.05) is 26.2 Å². The molecule has 0 radical (unpaired) electrons. The summed E-state index contributed by atoms with van der Waals surface area (Å²) in [6, 6.07) is 8.33. The Hall–Kier alpha value is -1.44. The molecule has 1 fully saturated rings. The molecule has 1 amide bonds. The van der Waals surface area contributed by atoms with Crippen LogP contribution in [-0.2, 0) is 14.8 Å². The number of carbonyl (C=O) groups excluding carboxylic acids is 1. The molecule has 0 atom stereocenters. The van der Waals surface area contributed by atoms with Crippen molar-refractivity contribution in [1.82, 2.24) is 9.21 Å². The van der Waals surface area contributed by atoms with Gasteiger partial charge >= 0.3 is 0 Å². The van der Waals surface area contributed by atoms with E-state index in [0.29, 0.717) is 26.2 Å². The largest absolute Gasteiger partial charge is 0.338 e. The van der Waals surface area contributed by atoms with Crippen molar-refractivity contribution in [3.63, 3.8) is 0 Å². The van der Waals surface area contributed by atoms with Crippen LogP contribution in [0.3, 0.4) is 0 Å². The van der Waals surface area contributed by atoms with E-state index in [1.807, 2.05) is 0 Å². The summed E-state index contributed by atoms with van der Waals surface area (Å²) in [6.45, 7) is 4.62. The van der Waals surface area contributed by atoms with Crippen LogP contribution in [0.25, 0.3) is 0 Å². The van der Waals surface area contributed by atoms with Gasteiger partial charge in [-0.15, -0.1) is 0 Å². The minimum absolute atomic E-state index is 0.153. The standard InChI is InChI=1S/C14H21N3O3S/c1-14(2,15)13(18)16-8-10-17(11-9-16)21(19,20)12-6-4-3-5-7-12/h3-7H,8-11,15H2,1-2H3. The van der Waals surface area contributed by atoms with Gasteiger partial charge in [0.2, 0.25) is 15.9 Å². The summed E-state index contributed by atoms with van der Waals surface area (Å²) < 4.78 is 26.3. The molecule has 2 rings (SSSR count). The highest BCUT2D eigenvalue weighted by molar-refractivity contribution is 7.89. The topological polar surface area (TPSA) is 83.7 Å². The van der Waals surface area contributed by atoms with E-state index < -0.39 is 15.6 Å². The molecule has 0 bridgehead atoms. The number of nitrogens with two attached hydrogens (primary N) is 1. The van der Waals surface area contributed by atoms with Crippen LogP contribution < -0.4 is 5.73 Å². The van der Waals surface area contributed by atoms with Crippen LogP contribution >= 0.6 is 0 Å². The van der Waals surface area contributed by atoms with Gasteiger partial charge in [0.05, 0.1) is 10.4 Å². The molecule has 1 saturated heterocycles. The van der Waals surface area contributed by atoms with Crippen molar-refractivity contribution >= 4 is 15.9 Å². The molecule has 0 saturated carbocycles. The maximum Gasteiger partial charge on any atom is 0.243 e. The first kappa shape index (κ1) is 15.9. The number of rotatable bonds is 3. The van der Waals surface area contributed by atoms with E-state index in [4.69, 9.17) is 5.73 Å². The fourth-order valence-corrected chi connectivity index (χ4v) is 3.72. The molecule has 0 unspecified atom stereocenters. The van der Waals surface area contributed by atoms with E-state index >= 15 is 0 Å². The Bertz CT molecular complexity index is 600. The van der Waals surface area contributed by atoms with Gasteiger partial charge in [-0.25, -0.2) is 8.42 Å². The van der Waals surface area contributed by atoms with E-state index in [1.54, 1.807) is 49.1 Å². The molecule has 0 spiro atoms. The zero-order chi connectivity index (χ0) is 15.7. The van der Waals surface area contributed by atoms with Gasteiger partial charge < -0.3 is 10.6 Å². The number of carbonyl (C=O) groups is 1. The Morgan fingerprint density at radius 3 is 2.10 bits per heavy atom. The van der Waals surface area contributed by atoms with Crippen LogP contribution in [0.1, 0.15) is 13.8 Å². The zero-order valence-corrected chi connectivity index (χ0v) is 13.1. The molecule has 116 valence electrons. The fourth-order valence-electron chi connectivity index (χ4n) is 2.28. The van der Waals surface area contributed by atoms with Gasteiger partial charge in [-0.3, -0.25) is 4.79 Å². The lowest BCUT2D eigenvalue weighted by Gasteiger charge is -2.36. The van der Waals surface area contributed by atoms with Crippen molar-refractivity contribution in [2.75, 3.05) is 26.2 Å². The fraction of sp³-hybridized carbons (Fsp3) is 0.500. The molecule has 1 heterocycles. The van der Waals surface area contributed by atoms with Crippen molar-refractivity contribution in [3.05, 3.63) is 30.3 Å². The minimum atomic E-state index is -3.48. The number of hydrogen-bond acceptors (Lipinski definition) is 4. The highest BCUT2D eigenvalue weighted by Gasteiger charge is 2.33. The molecule has 0 aromatic heterocycles. The molecule has 0 aliphatic carbocycles. The second-order valence-corrected chi connectivity index (χ2v) is 7.67. The average Bonchev–Trinajstić information content (AvgIpc) is 2.46. The first-order valence-corrected chi connectivity index (χ1v) is 8.30.